The minimum absolute atomic E-state index is 0.0765. The van der Waals surface area contributed by atoms with E-state index < -0.39 is 5.60 Å². The molecule has 27 heavy (non-hydrogen) atoms. The van der Waals surface area contributed by atoms with E-state index in [0.29, 0.717) is 6.42 Å². The van der Waals surface area contributed by atoms with Crippen LogP contribution in [0.2, 0.25) is 0 Å². The molecule has 0 saturated carbocycles. The first-order valence-electron chi connectivity index (χ1n) is 9.29. The van der Waals surface area contributed by atoms with E-state index in [2.05, 4.69) is 16.7 Å². The molecule has 0 saturated heterocycles. The van der Waals surface area contributed by atoms with E-state index in [1.807, 2.05) is 61.5 Å². The number of amides is 1. The third-order valence-corrected chi connectivity index (χ3v) is 5.35. The Hall–Kier alpha value is -2.85. The van der Waals surface area contributed by atoms with Gasteiger partial charge >= 0.3 is 0 Å². The van der Waals surface area contributed by atoms with Gasteiger partial charge in [-0.1, -0.05) is 42.5 Å². The maximum absolute atomic E-state index is 13.2. The molecule has 4 nitrogen and oxygen atoms in total. The van der Waals surface area contributed by atoms with Crippen molar-refractivity contribution in [2.45, 2.75) is 25.4 Å². The molecule has 2 aliphatic rings. The van der Waals surface area contributed by atoms with E-state index in [4.69, 9.17) is 4.74 Å². The number of fused-ring (bicyclic) bond motifs is 1. The first-order valence-corrected chi connectivity index (χ1v) is 9.29. The zero-order valence-electron chi connectivity index (χ0n) is 15.7. The average Bonchev–Trinajstić information content (AvgIpc) is 3.16. The van der Waals surface area contributed by atoms with Crippen LogP contribution in [0.3, 0.4) is 0 Å². The van der Waals surface area contributed by atoms with Crippen molar-refractivity contribution in [3.05, 3.63) is 77.4 Å². The number of ether oxygens (including phenoxy) is 1. The zero-order chi connectivity index (χ0) is 18.9. The molecule has 0 bridgehead atoms. The third kappa shape index (κ3) is 3.53. The summed E-state index contributed by atoms with van der Waals surface area (Å²) < 4.78 is 5.64. The molecule has 0 spiro atoms. The number of hydrogen-bond acceptors (Lipinski definition) is 3. The Balaban J connectivity index is 1.67. The van der Waals surface area contributed by atoms with Crippen LogP contribution in [0.4, 0.5) is 11.4 Å². The number of rotatable bonds is 4. The number of benzene rings is 2. The van der Waals surface area contributed by atoms with Crippen molar-refractivity contribution < 1.29 is 9.53 Å². The highest BCUT2D eigenvalue weighted by Crippen LogP contribution is 2.35. The maximum atomic E-state index is 13.2. The quantitative estimate of drug-likeness (QED) is 0.849. The summed E-state index contributed by atoms with van der Waals surface area (Å²) in [6.45, 7) is 2.95. The fourth-order valence-corrected chi connectivity index (χ4v) is 3.69. The summed E-state index contributed by atoms with van der Waals surface area (Å²) in [7, 11) is 1.68. The highest BCUT2D eigenvalue weighted by molar-refractivity contribution is 6.10. The van der Waals surface area contributed by atoms with Crippen LogP contribution in [-0.2, 0) is 16.0 Å². The van der Waals surface area contributed by atoms with Gasteiger partial charge in [0.1, 0.15) is 0 Å². The van der Waals surface area contributed by atoms with Gasteiger partial charge in [0, 0.05) is 37.0 Å². The number of allylic oxidation sites excluding steroid dienone is 2. The van der Waals surface area contributed by atoms with Crippen LogP contribution in [0.5, 0.6) is 0 Å². The number of carbonyl (C=O) groups excluding carboxylic acids is 1. The fraction of sp³-hybridized carbons (Fsp3) is 0.261. The Bertz CT molecular complexity index is 931. The van der Waals surface area contributed by atoms with Gasteiger partial charge in [-0.2, -0.15) is 0 Å². The summed E-state index contributed by atoms with van der Waals surface area (Å²) in [6, 6.07) is 16.1. The number of nitrogens with one attached hydrogen (secondary N) is 2. The third-order valence-electron chi connectivity index (χ3n) is 5.35. The standard InChI is InChI=1S/C23H24N2O2/c1-23(27-2)12-10-19(16-6-4-3-5-7-16)20(15-23)22(26)25-18-8-9-21-17(14-18)11-13-24-21/h3-10,12,14,24H,11,13,15H2,1-2H3,(H,25,26). The monoisotopic (exact) mass is 360 g/mol. The van der Waals surface area contributed by atoms with E-state index in [-0.39, 0.29) is 5.91 Å². The van der Waals surface area contributed by atoms with Crippen molar-refractivity contribution in [3.63, 3.8) is 0 Å². The minimum atomic E-state index is -0.479. The maximum Gasteiger partial charge on any atom is 0.252 e. The van der Waals surface area contributed by atoms with Crippen LogP contribution in [0.1, 0.15) is 24.5 Å². The molecule has 2 N–H and O–H groups in total. The minimum Gasteiger partial charge on any atom is -0.384 e. The molecule has 0 fully saturated rings. The summed E-state index contributed by atoms with van der Waals surface area (Å²) in [6.07, 6.45) is 5.56. The predicted molar refractivity (Wildman–Crippen MR) is 110 cm³/mol. The van der Waals surface area contributed by atoms with Crippen LogP contribution in [-0.4, -0.2) is 25.2 Å². The van der Waals surface area contributed by atoms with Gasteiger partial charge in [-0.15, -0.1) is 0 Å². The molecule has 2 aromatic carbocycles. The summed E-state index contributed by atoms with van der Waals surface area (Å²) >= 11 is 0. The molecule has 1 unspecified atom stereocenters. The van der Waals surface area contributed by atoms with Crippen LogP contribution in [0.15, 0.2) is 66.3 Å². The van der Waals surface area contributed by atoms with E-state index >= 15 is 0 Å². The highest BCUT2D eigenvalue weighted by Gasteiger charge is 2.31. The van der Waals surface area contributed by atoms with E-state index in [9.17, 15) is 4.79 Å². The van der Waals surface area contributed by atoms with Crippen LogP contribution in [0.25, 0.3) is 5.57 Å². The predicted octanol–water partition coefficient (Wildman–Crippen LogP) is 4.41. The molecule has 1 heterocycles. The largest absolute Gasteiger partial charge is 0.384 e. The Kier molecular flexibility index (Phi) is 4.58. The highest BCUT2D eigenvalue weighted by atomic mass is 16.5. The molecule has 4 rings (SSSR count). The SMILES string of the molecule is COC1(C)C=CC(c2ccccc2)=C(C(=O)Nc2ccc3c(c2)CCN3)C1. The number of carbonyl (C=O) groups is 1. The van der Waals surface area contributed by atoms with E-state index in [0.717, 1.165) is 41.1 Å². The van der Waals surface area contributed by atoms with Gasteiger partial charge < -0.3 is 15.4 Å². The second kappa shape index (κ2) is 7.05. The number of anilines is 2. The van der Waals surface area contributed by atoms with Crippen molar-refractivity contribution in [1.29, 1.82) is 0 Å². The van der Waals surface area contributed by atoms with Gasteiger partial charge in [-0.3, -0.25) is 4.79 Å². The molecular weight excluding hydrogens is 336 g/mol. The number of methoxy groups -OCH3 is 1. The molecular formula is C23H24N2O2. The van der Waals surface area contributed by atoms with Gasteiger partial charge in [-0.05, 0) is 48.2 Å². The summed E-state index contributed by atoms with van der Waals surface area (Å²) in [5, 5.41) is 6.43. The van der Waals surface area contributed by atoms with Crippen LogP contribution < -0.4 is 10.6 Å². The lowest BCUT2D eigenvalue weighted by molar-refractivity contribution is -0.113. The zero-order valence-corrected chi connectivity index (χ0v) is 15.7. The topological polar surface area (TPSA) is 50.4 Å². The number of hydrogen-bond donors (Lipinski definition) is 2. The second-order valence-electron chi connectivity index (χ2n) is 7.29. The lowest BCUT2D eigenvalue weighted by Crippen LogP contribution is -2.31. The molecule has 1 atom stereocenters. The van der Waals surface area contributed by atoms with Crippen molar-refractivity contribution in [2.75, 3.05) is 24.3 Å². The average molecular weight is 360 g/mol. The van der Waals surface area contributed by atoms with Crippen LogP contribution in [0, 0.1) is 0 Å². The second-order valence-corrected chi connectivity index (χ2v) is 7.29. The normalized spacial score (nSPS) is 21.0. The molecule has 1 aliphatic carbocycles. The van der Waals surface area contributed by atoms with Crippen molar-refractivity contribution >= 4 is 22.9 Å². The molecule has 0 radical (unpaired) electrons. The smallest absolute Gasteiger partial charge is 0.252 e. The molecule has 1 aliphatic heterocycles. The van der Waals surface area contributed by atoms with Crippen molar-refractivity contribution in [1.82, 2.24) is 0 Å². The Morgan fingerprint density at radius 3 is 2.78 bits per heavy atom. The van der Waals surface area contributed by atoms with E-state index in [1.165, 1.54) is 5.56 Å². The first kappa shape index (κ1) is 17.6. The molecule has 138 valence electrons. The molecule has 0 aromatic heterocycles. The van der Waals surface area contributed by atoms with Gasteiger partial charge in [0.2, 0.25) is 0 Å². The lowest BCUT2D eigenvalue weighted by Gasteiger charge is -2.30. The molecule has 1 amide bonds. The summed E-state index contributed by atoms with van der Waals surface area (Å²) in [5.74, 6) is -0.0765. The Morgan fingerprint density at radius 2 is 2.00 bits per heavy atom. The fourth-order valence-electron chi connectivity index (χ4n) is 3.69. The van der Waals surface area contributed by atoms with Gasteiger partial charge in [-0.25, -0.2) is 0 Å². The van der Waals surface area contributed by atoms with Gasteiger partial charge in [0.15, 0.2) is 0 Å². The molecule has 4 heteroatoms. The molecule has 2 aromatic rings. The summed E-state index contributed by atoms with van der Waals surface area (Å²) in [5.41, 5.74) is 5.48. The van der Waals surface area contributed by atoms with E-state index in [1.54, 1.807) is 7.11 Å². The van der Waals surface area contributed by atoms with Gasteiger partial charge in [0.25, 0.3) is 5.91 Å². The summed E-state index contributed by atoms with van der Waals surface area (Å²) in [4.78, 5) is 13.2. The van der Waals surface area contributed by atoms with Crippen LogP contribution >= 0.6 is 0 Å². The van der Waals surface area contributed by atoms with Crippen molar-refractivity contribution in [2.24, 2.45) is 0 Å². The lowest BCUT2D eigenvalue weighted by atomic mass is 9.84. The van der Waals surface area contributed by atoms with Crippen molar-refractivity contribution in [3.8, 4) is 0 Å². The Labute approximate surface area is 159 Å². The Morgan fingerprint density at radius 1 is 1.19 bits per heavy atom. The first-order chi connectivity index (χ1) is 13.1. The van der Waals surface area contributed by atoms with Gasteiger partial charge in [0.05, 0.1) is 5.60 Å².